The molecule has 1 amide bonds. The molecule has 4 heterocycles. The summed E-state index contributed by atoms with van der Waals surface area (Å²) in [7, 11) is 0. The van der Waals surface area contributed by atoms with Crippen LogP contribution in [-0.4, -0.2) is 67.5 Å². The molecule has 0 bridgehead atoms. The molecule has 3 aromatic heterocycles. The number of ether oxygens (including phenoxy) is 1. The van der Waals surface area contributed by atoms with Gasteiger partial charge >= 0.3 is 6.09 Å². The molecule has 0 spiro atoms. The number of imidazole rings is 1. The van der Waals surface area contributed by atoms with E-state index in [-0.39, 0.29) is 6.09 Å². The molecular formula is C37H34N6O2. The lowest BCUT2D eigenvalue weighted by Crippen LogP contribution is -2.54. The molecule has 1 aliphatic heterocycles. The Morgan fingerprint density at radius 2 is 1.58 bits per heavy atom. The molecule has 3 aromatic carbocycles. The second-order valence-corrected chi connectivity index (χ2v) is 12.0. The first kappa shape index (κ1) is 27.5. The number of carbonyl (C=O) groups is 1. The average molecular weight is 595 g/mol. The van der Waals surface area contributed by atoms with Gasteiger partial charge in [-0.2, -0.15) is 0 Å². The quantitative estimate of drug-likeness (QED) is 0.211. The van der Waals surface area contributed by atoms with E-state index in [4.69, 9.17) is 14.7 Å². The largest absolute Gasteiger partial charge is 0.445 e. The van der Waals surface area contributed by atoms with E-state index in [0.29, 0.717) is 31.7 Å². The van der Waals surface area contributed by atoms with Gasteiger partial charge in [0.05, 0.1) is 28.6 Å². The molecule has 45 heavy (non-hydrogen) atoms. The molecule has 1 aliphatic carbocycles. The van der Waals surface area contributed by atoms with E-state index >= 15 is 0 Å². The van der Waals surface area contributed by atoms with Crippen LogP contribution in [0.1, 0.15) is 30.0 Å². The van der Waals surface area contributed by atoms with Crippen molar-refractivity contribution in [1.82, 2.24) is 29.2 Å². The highest BCUT2D eigenvalue weighted by atomic mass is 16.6. The van der Waals surface area contributed by atoms with Gasteiger partial charge in [0.2, 0.25) is 0 Å². The molecule has 224 valence electrons. The molecule has 8 rings (SSSR count). The summed E-state index contributed by atoms with van der Waals surface area (Å²) in [5, 5.41) is 1.10. The summed E-state index contributed by atoms with van der Waals surface area (Å²) in [5.74, 6) is 1.29. The molecule has 0 radical (unpaired) electrons. The van der Waals surface area contributed by atoms with Crippen molar-refractivity contribution in [3.8, 4) is 22.6 Å². The predicted octanol–water partition coefficient (Wildman–Crippen LogP) is 6.81. The van der Waals surface area contributed by atoms with Crippen LogP contribution < -0.4 is 0 Å². The van der Waals surface area contributed by atoms with Crippen LogP contribution in [0.5, 0.6) is 0 Å². The maximum Gasteiger partial charge on any atom is 0.410 e. The van der Waals surface area contributed by atoms with Gasteiger partial charge in [0.15, 0.2) is 0 Å². The standard InChI is InChI=1S/C37H34N6O2/c44-37(45-25-26-7-3-1-4-8-26)42-19-17-41(18-20-42)31-21-30(22-31)35-34-24-38-15-16-43(34)36(40-35)29-12-11-28-13-14-32(39-33(28)23-29)27-9-5-2-6-10-27/h1-16,23-24,30-31H,17-22,25H2. The third-order valence-corrected chi connectivity index (χ3v) is 9.29. The van der Waals surface area contributed by atoms with Crippen molar-refractivity contribution in [2.24, 2.45) is 0 Å². The van der Waals surface area contributed by atoms with Crippen molar-refractivity contribution in [2.75, 3.05) is 26.2 Å². The van der Waals surface area contributed by atoms with Crippen molar-refractivity contribution in [3.05, 3.63) is 121 Å². The van der Waals surface area contributed by atoms with E-state index in [1.54, 1.807) is 0 Å². The lowest BCUT2D eigenvalue weighted by Gasteiger charge is -2.45. The van der Waals surface area contributed by atoms with Gasteiger partial charge in [0.1, 0.15) is 12.4 Å². The zero-order valence-electron chi connectivity index (χ0n) is 25.0. The number of fused-ring (bicyclic) bond motifs is 2. The van der Waals surface area contributed by atoms with Crippen LogP contribution in [0.25, 0.3) is 39.1 Å². The average Bonchev–Trinajstić information content (AvgIpc) is 3.46. The number of nitrogens with zero attached hydrogens (tertiary/aromatic N) is 6. The molecule has 0 atom stereocenters. The zero-order valence-corrected chi connectivity index (χ0v) is 25.0. The maximum atomic E-state index is 12.6. The minimum atomic E-state index is -0.227. The van der Waals surface area contributed by atoms with E-state index < -0.39 is 0 Å². The van der Waals surface area contributed by atoms with Crippen LogP contribution in [-0.2, 0) is 11.3 Å². The number of hydrogen-bond acceptors (Lipinski definition) is 6. The van der Waals surface area contributed by atoms with Gasteiger partial charge in [0.25, 0.3) is 0 Å². The number of hydrogen-bond donors (Lipinski definition) is 0. The van der Waals surface area contributed by atoms with Crippen LogP contribution in [0.2, 0.25) is 0 Å². The first-order valence-electron chi connectivity index (χ1n) is 15.7. The Morgan fingerprint density at radius 3 is 2.38 bits per heavy atom. The number of benzene rings is 3. The van der Waals surface area contributed by atoms with Gasteiger partial charge in [-0.25, -0.2) is 14.8 Å². The third-order valence-electron chi connectivity index (χ3n) is 9.29. The SMILES string of the molecule is O=C(OCc1ccccc1)N1CCN(C2CC(c3nc(-c4ccc5ccc(-c6ccccc6)nc5c4)n4ccncc34)C2)CC1. The highest BCUT2D eigenvalue weighted by Gasteiger charge is 2.38. The van der Waals surface area contributed by atoms with Gasteiger partial charge in [-0.1, -0.05) is 78.9 Å². The van der Waals surface area contributed by atoms with E-state index in [9.17, 15) is 4.79 Å². The van der Waals surface area contributed by atoms with Gasteiger partial charge in [-0.3, -0.25) is 14.3 Å². The molecule has 2 fully saturated rings. The summed E-state index contributed by atoms with van der Waals surface area (Å²) in [6, 6.07) is 31.2. The normalized spacial score (nSPS) is 18.6. The molecule has 8 nitrogen and oxygen atoms in total. The van der Waals surface area contributed by atoms with E-state index in [0.717, 1.165) is 76.3 Å². The minimum absolute atomic E-state index is 0.227. The van der Waals surface area contributed by atoms with Gasteiger partial charge in [-0.05, 0) is 30.5 Å². The Hall–Kier alpha value is -5.08. The molecule has 0 N–H and O–H groups in total. The third kappa shape index (κ3) is 5.42. The van der Waals surface area contributed by atoms with E-state index in [1.165, 1.54) is 0 Å². The van der Waals surface area contributed by atoms with Gasteiger partial charge in [-0.15, -0.1) is 0 Å². The fourth-order valence-electron chi connectivity index (χ4n) is 6.68. The highest BCUT2D eigenvalue weighted by Crippen LogP contribution is 2.42. The van der Waals surface area contributed by atoms with Crippen LogP contribution in [0.4, 0.5) is 4.79 Å². The summed E-state index contributed by atoms with van der Waals surface area (Å²) in [4.78, 5) is 31.7. The molecule has 0 unspecified atom stereocenters. The summed E-state index contributed by atoms with van der Waals surface area (Å²) in [6.07, 6.45) is 7.65. The summed E-state index contributed by atoms with van der Waals surface area (Å²) in [5.41, 5.74) is 7.24. The molecule has 6 aromatic rings. The number of rotatable bonds is 6. The Balaban J connectivity index is 0.952. The van der Waals surface area contributed by atoms with Crippen LogP contribution in [0.15, 0.2) is 110 Å². The Bertz CT molecular complexity index is 1960. The Morgan fingerprint density at radius 1 is 0.822 bits per heavy atom. The van der Waals surface area contributed by atoms with Crippen molar-refractivity contribution < 1.29 is 9.53 Å². The fourth-order valence-corrected chi connectivity index (χ4v) is 6.68. The Kier molecular flexibility index (Phi) is 7.19. The summed E-state index contributed by atoms with van der Waals surface area (Å²) >= 11 is 0. The number of amides is 1. The van der Waals surface area contributed by atoms with Crippen molar-refractivity contribution in [1.29, 1.82) is 0 Å². The Labute approximate surface area is 261 Å². The summed E-state index contributed by atoms with van der Waals surface area (Å²) < 4.78 is 7.72. The molecule has 1 saturated carbocycles. The lowest BCUT2D eigenvalue weighted by molar-refractivity contribution is 0.0374. The van der Waals surface area contributed by atoms with Gasteiger partial charge in [0, 0.05) is 67.0 Å². The number of piperazine rings is 1. The predicted molar refractivity (Wildman–Crippen MR) is 175 cm³/mol. The monoisotopic (exact) mass is 594 g/mol. The van der Waals surface area contributed by atoms with Crippen molar-refractivity contribution in [3.63, 3.8) is 0 Å². The topological polar surface area (TPSA) is 75.9 Å². The van der Waals surface area contributed by atoms with E-state index in [2.05, 4.69) is 56.7 Å². The number of carbonyl (C=O) groups excluding carboxylic acids is 1. The van der Waals surface area contributed by atoms with Gasteiger partial charge < -0.3 is 9.64 Å². The van der Waals surface area contributed by atoms with E-state index in [1.807, 2.05) is 72.0 Å². The minimum Gasteiger partial charge on any atom is -0.445 e. The van der Waals surface area contributed by atoms with Crippen molar-refractivity contribution in [2.45, 2.75) is 31.4 Å². The van der Waals surface area contributed by atoms with Crippen LogP contribution in [0, 0.1) is 0 Å². The molecule has 2 aliphatic rings. The first-order valence-corrected chi connectivity index (χ1v) is 15.7. The molecule has 8 heteroatoms. The summed E-state index contributed by atoms with van der Waals surface area (Å²) in [6.45, 7) is 3.42. The van der Waals surface area contributed by atoms with Crippen LogP contribution in [0.3, 0.4) is 0 Å². The second kappa shape index (κ2) is 11.8. The zero-order chi connectivity index (χ0) is 30.2. The molecular weight excluding hydrogens is 560 g/mol. The maximum absolute atomic E-state index is 12.6. The highest BCUT2D eigenvalue weighted by molar-refractivity contribution is 5.86. The smallest absolute Gasteiger partial charge is 0.410 e. The number of pyridine rings is 1. The number of aromatic nitrogens is 4. The van der Waals surface area contributed by atoms with Crippen molar-refractivity contribution >= 4 is 22.5 Å². The second-order valence-electron chi connectivity index (χ2n) is 12.0. The lowest BCUT2D eigenvalue weighted by atomic mass is 9.77. The first-order chi connectivity index (χ1) is 22.2. The van der Waals surface area contributed by atoms with Crippen LogP contribution >= 0.6 is 0 Å². The molecule has 1 saturated heterocycles. The fraction of sp³-hybridized carbons (Fsp3) is 0.243.